The Hall–Kier alpha value is -3.73. The highest BCUT2D eigenvalue weighted by atomic mass is 32.2. The van der Waals surface area contributed by atoms with E-state index in [0.717, 1.165) is 5.69 Å². The van der Waals surface area contributed by atoms with Crippen molar-refractivity contribution < 1.29 is 13.2 Å². The fraction of sp³-hybridized carbons (Fsp3) is 0.200. The Morgan fingerprint density at radius 1 is 1.03 bits per heavy atom. The maximum absolute atomic E-state index is 12.6. The van der Waals surface area contributed by atoms with Gasteiger partial charge in [-0.2, -0.15) is 13.5 Å². The van der Waals surface area contributed by atoms with Crippen molar-refractivity contribution in [3.05, 3.63) is 66.4 Å². The first kappa shape index (κ1) is 20.5. The largest absolute Gasteiger partial charge is 0.438 e. The zero-order valence-corrected chi connectivity index (χ0v) is 18.0. The number of benzene rings is 1. The zero-order chi connectivity index (χ0) is 22.0. The number of rotatable bonds is 7. The van der Waals surface area contributed by atoms with Crippen LogP contribution in [0.3, 0.4) is 0 Å². The zero-order valence-electron chi connectivity index (χ0n) is 17.2. The molecular formula is C20H21N7O3S. The molecule has 0 bridgehead atoms. The number of hydrogen-bond donors (Lipinski definition) is 1. The van der Waals surface area contributed by atoms with Gasteiger partial charge in [-0.3, -0.25) is 4.72 Å². The Labute approximate surface area is 179 Å². The van der Waals surface area contributed by atoms with Crippen LogP contribution in [0.4, 0.5) is 5.69 Å². The number of ether oxygens (including phenoxy) is 1. The predicted molar refractivity (Wildman–Crippen MR) is 114 cm³/mol. The molecule has 3 aromatic heterocycles. The molecule has 0 saturated heterocycles. The lowest BCUT2D eigenvalue weighted by Gasteiger charge is -2.08. The summed E-state index contributed by atoms with van der Waals surface area (Å²) < 4.78 is 36.7. The summed E-state index contributed by atoms with van der Waals surface area (Å²) in [5, 5.41) is 12.4. The highest BCUT2D eigenvalue weighted by molar-refractivity contribution is 7.92. The van der Waals surface area contributed by atoms with Gasteiger partial charge in [0.15, 0.2) is 10.8 Å². The van der Waals surface area contributed by atoms with E-state index in [4.69, 9.17) is 4.74 Å². The molecule has 4 rings (SSSR count). The van der Waals surface area contributed by atoms with Gasteiger partial charge < -0.3 is 9.30 Å². The maximum atomic E-state index is 12.6. The third-order valence-corrected chi connectivity index (χ3v) is 5.73. The summed E-state index contributed by atoms with van der Waals surface area (Å²) in [6.45, 7) is 6.23. The lowest BCUT2D eigenvalue weighted by molar-refractivity contribution is 0.454. The van der Waals surface area contributed by atoms with E-state index < -0.39 is 10.0 Å². The number of hydrogen-bond acceptors (Lipinski definition) is 7. The Balaban J connectivity index is 1.43. The first-order valence-corrected chi connectivity index (χ1v) is 11.0. The minimum atomic E-state index is -3.78. The average Bonchev–Trinajstić information content (AvgIpc) is 3.36. The van der Waals surface area contributed by atoms with E-state index in [2.05, 4.69) is 25.0 Å². The molecule has 3 heterocycles. The van der Waals surface area contributed by atoms with Crippen LogP contribution in [-0.2, 0) is 16.6 Å². The average molecular weight is 440 g/mol. The topological polar surface area (TPSA) is 117 Å². The summed E-state index contributed by atoms with van der Waals surface area (Å²) in [5.41, 5.74) is 1.28. The second-order valence-corrected chi connectivity index (χ2v) is 8.41. The van der Waals surface area contributed by atoms with E-state index in [1.165, 1.54) is 6.20 Å². The number of nitrogens with zero attached hydrogens (tertiary/aromatic N) is 6. The van der Waals surface area contributed by atoms with Gasteiger partial charge in [-0.1, -0.05) is 0 Å². The van der Waals surface area contributed by atoms with Gasteiger partial charge in [0, 0.05) is 30.7 Å². The van der Waals surface area contributed by atoms with Crippen molar-refractivity contribution in [2.24, 2.45) is 0 Å². The monoisotopic (exact) mass is 439 g/mol. The van der Waals surface area contributed by atoms with E-state index in [1.54, 1.807) is 58.8 Å². The highest BCUT2D eigenvalue weighted by Crippen LogP contribution is 2.23. The molecule has 0 amide bonds. The highest BCUT2D eigenvalue weighted by Gasteiger charge is 2.19. The third kappa shape index (κ3) is 4.56. The normalized spacial score (nSPS) is 11.5. The molecule has 0 atom stereocenters. The van der Waals surface area contributed by atoms with Crippen LogP contribution in [0.1, 0.15) is 18.4 Å². The van der Waals surface area contributed by atoms with Gasteiger partial charge in [0.1, 0.15) is 11.6 Å². The summed E-state index contributed by atoms with van der Waals surface area (Å²) in [7, 11) is -3.78. The van der Waals surface area contributed by atoms with Gasteiger partial charge in [0.05, 0.1) is 5.69 Å². The van der Waals surface area contributed by atoms with Crippen LogP contribution in [0.5, 0.6) is 11.6 Å². The van der Waals surface area contributed by atoms with Gasteiger partial charge in [-0.05, 0) is 57.2 Å². The van der Waals surface area contributed by atoms with Gasteiger partial charge in [-0.15, -0.1) is 10.2 Å². The molecule has 0 radical (unpaired) electrons. The number of imidazole rings is 1. The fourth-order valence-corrected chi connectivity index (χ4v) is 3.95. The SMILES string of the molecule is CCn1cc(S(=O)(=O)Nc2ccc(Oc3ccc(-n4ccc(C)n4)nn3)cc2)nc1C. The molecule has 1 N–H and O–H groups in total. The Morgan fingerprint density at radius 2 is 1.81 bits per heavy atom. The smallest absolute Gasteiger partial charge is 0.280 e. The standard InChI is InChI=1S/C20H21N7O3S/c1-4-26-13-20(21-15(26)3)31(28,29)25-16-5-7-17(8-6-16)30-19-10-9-18(22-23-19)27-12-11-14(2)24-27/h5-13,25H,4H2,1-3H3. The molecule has 0 spiro atoms. The molecule has 0 aliphatic heterocycles. The van der Waals surface area contributed by atoms with Crippen molar-refractivity contribution in [3.63, 3.8) is 0 Å². The molecule has 0 saturated carbocycles. The van der Waals surface area contributed by atoms with Crippen LogP contribution in [0.2, 0.25) is 0 Å². The van der Waals surface area contributed by atoms with Gasteiger partial charge in [0.25, 0.3) is 10.0 Å². The summed E-state index contributed by atoms with van der Waals surface area (Å²) in [4.78, 5) is 4.12. The fourth-order valence-electron chi connectivity index (χ4n) is 2.88. The van der Waals surface area contributed by atoms with E-state index in [-0.39, 0.29) is 5.03 Å². The Bertz CT molecular complexity index is 1290. The number of nitrogens with one attached hydrogen (secondary N) is 1. The molecule has 31 heavy (non-hydrogen) atoms. The molecule has 1 aromatic carbocycles. The molecule has 10 nitrogen and oxygen atoms in total. The minimum absolute atomic E-state index is 0.0186. The van der Waals surface area contributed by atoms with Crippen LogP contribution in [0.25, 0.3) is 5.82 Å². The van der Waals surface area contributed by atoms with Crippen LogP contribution < -0.4 is 9.46 Å². The number of anilines is 1. The van der Waals surface area contributed by atoms with Crippen molar-refractivity contribution in [1.29, 1.82) is 0 Å². The molecular weight excluding hydrogens is 418 g/mol. The van der Waals surface area contributed by atoms with Crippen molar-refractivity contribution in [3.8, 4) is 17.4 Å². The molecule has 11 heteroatoms. The van der Waals surface area contributed by atoms with Crippen LogP contribution in [0, 0.1) is 13.8 Å². The number of aryl methyl sites for hydroxylation is 3. The van der Waals surface area contributed by atoms with Gasteiger partial charge >= 0.3 is 0 Å². The van der Waals surface area contributed by atoms with Gasteiger partial charge in [0.2, 0.25) is 5.88 Å². The lowest BCUT2D eigenvalue weighted by atomic mass is 10.3. The van der Waals surface area contributed by atoms with Crippen LogP contribution in [-0.4, -0.2) is 37.9 Å². The summed E-state index contributed by atoms with van der Waals surface area (Å²) in [6.07, 6.45) is 3.32. The van der Waals surface area contributed by atoms with E-state index in [1.807, 2.05) is 19.9 Å². The first-order valence-electron chi connectivity index (χ1n) is 9.55. The molecule has 0 fully saturated rings. The number of sulfonamides is 1. The first-order chi connectivity index (χ1) is 14.8. The molecule has 160 valence electrons. The van der Waals surface area contributed by atoms with Gasteiger partial charge in [-0.25, -0.2) is 9.67 Å². The van der Waals surface area contributed by atoms with Crippen LogP contribution in [0.15, 0.2) is 59.9 Å². The molecule has 0 unspecified atom stereocenters. The van der Waals surface area contributed by atoms with E-state index in [9.17, 15) is 8.42 Å². The number of aromatic nitrogens is 6. The predicted octanol–water partition coefficient (Wildman–Crippen LogP) is 3.09. The van der Waals surface area contributed by atoms with E-state index >= 15 is 0 Å². The van der Waals surface area contributed by atoms with Crippen LogP contribution >= 0.6 is 0 Å². The summed E-state index contributed by atoms with van der Waals surface area (Å²) >= 11 is 0. The lowest BCUT2D eigenvalue weighted by Crippen LogP contribution is -2.13. The van der Waals surface area contributed by atoms with Crippen molar-refractivity contribution in [1.82, 2.24) is 29.5 Å². The molecule has 0 aliphatic carbocycles. The minimum Gasteiger partial charge on any atom is -0.438 e. The van der Waals surface area contributed by atoms with Crippen molar-refractivity contribution in [2.75, 3.05) is 4.72 Å². The Kier molecular flexibility index (Phi) is 5.42. The molecule has 0 aliphatic rings. The van der Waals surface area contributed by atoms with E-state index in [0.29, 0.717) is 35.5 Å². The third-order valence-electron chi connectivity index (χ3n) is 4.48. The quantitative estimate of drug-likeness (QED) is 0.470. The van der Waals surface area contributed by atoms with Crippen molar-refractivity contribution >= 4 is 15.7 Å². The second-order valence-electron chi connectivity index (χ2n) is 6.78. The molecule has 4 aromatic rings. The Morgan fingerprint density at radius 3 is 2.39 bits per heavy atom. The maximum Gasteiger partial charge on any atom is 0.280 e. The second kappa shape index (κ2) is 8.19. The van der Waals surface area contributed by atoms with Crippen molar-refractivity contribution in [2.45, 2.75) is 32.3 Å². The summed E-state index contributed by atoms with van der Waals surface area (Å²) in [5.74, 6) is 2.01. The summed E-state index contributed by atoms with van der Waals surface area (Å²) in [6, 6.07) is 11.8.